The zero-order chi connectivity index (χ0) is 25.3. The first kappa shape index (κ1) is 25.6. The molecule has 4 rings (SSSR count). The maximum Gasteiger partial charge on any atom is 0.317 e. The summed E-state index contributed by atoms with van der Waals surface area (Å²) in [7, 11) is 0. The van der Waals surface area contributed by atoms with Gasteiger partial charge in [-0.15, -0.1) is 11.3 Å². The minimum atomic E-state index is -0.336. The largest absolute Gasteiger partial charge is 0.494 e. The normalized spacial score (nSPS) is 14.1. The first-order valence-corrected chi connectivity index (χ1v) is 13.0. The van der Waals surface area contributed by atoms with E-state index in [9.17, 15) is 9.59 Å². The Morgan fingerprint density at radius 1 is 1.17 bits per heavy atom. The Morgan fingerprint density at radius 2 is 1.94 bits per heavy atom. The van der Waals surface area contributed by atoms with Crippen LogP contribution in [0.25, 0.3) is 11.3 Å². The molecular formula is C26H31N5O4S. The highest BCUT2D eigenvalue weighted by Gasteiger charge is 2.16. The van der Waals surface area contributed by atoms with Gasteiger partial charge in [0.05, 0.1) is 31.1 Å². The summed E-state index contributed by atoms with van der Waals surface area (Å²) in [5.41, 5.74) is 3.24. The Kier molecular flexibility index (Phi) is 8.85. The zero-order valence-electron chi connectivity index (χ0n) is 20.6. The van der Waals surface area contributed by atoms with E-state index in [2.05, 4.69) is 15.3 Å². The van der Waals surface area contributed by atoms with Crippen LogP contribution < -0.4 is 14.9 Å². The summed E-state index contributed by atoms with van der Waals surface area (Å²) in [6.07, 6.45) is 2.23. The van der Waals surface area contributed by atoms with E-state index in [1.54, 1.807) is 23.2 Å². The fourth-order valence-corrected chi connectivity index (χ4v) is 4.74. The Balaban J connectivity index is 1.53. The van der Waals surface area contributed by atoms with Crippen LogP contribution in [0.4, 0.5) is 4.79 Å². The van der Waals surface area contributed by atoms with Crippen molar-refractivity contribution in [1.29, 1.82) is 0 Å². The number of benzene rings is 1. The number of aromatic nitrogens is 2. The van der Waals surface area contributed by atoms with Crippen LogP contribution in [0.2, 0.25) is 0 Å². The Morgan fingerprint density at radius 3 is 2.64 bits per heavy atom. The van der Waals surface area contributed by atoms with Crippen LogP contribution in [0.15, 0.2) is 53.0 Å². The second kappa shape index (κ2) is 12.5. The summed E-state index contributed by atoms with van der Waals surface area (Å²) in [5, 5.41) is 4.99. The van der Waals surface area contributed by atoms with E-state index in [1.807, 2.05) is 48.1 Å². The molecule has 10 heteroatoms. The number of amides is 3. The fourth-order valence-electron chi connectivity index (χ4n) is 3.81. The quantitative estimate of drug-likeness (QED) is 0.469. The van der Waals surface area contributed by atoms with Crippen LogP contribution in [0.5, 0.6) is 5.75 Å². The number of hydrogen-bond acceptors (Lipinski definition) is 6. The van der Waals surface area contributed by atoms with E-state index >= 15 is 0 Å². The van der Waals surface area contributed by atoms with Gasteiger partial charge < -0.3 is 24.3 Å². The number of aryl methyl sites for hydroxylation is 1. The lowest BCUT2D eigenvalue weighted by Crippen LogP contribution is -2.46. The number of ether oxygens (including phenoxy) is 2. The molecule has 1 fully saturated rings. The number of morpholine rings is 1. The zero-order valence-corrected chi connectivity index (χ0v) is 21.4. The molecule has 0 aliphatic carbocycles. The summed E-state index contributed by atoms with van der Waals surface area (Å²) >= 11 is 1.41. The maximum absolute atomic E-state index is 12.8. The molecule has 0 bridgehead atoms. The van der Waals surface area contributed by atoms with Crippen molar-refractivity contribution in [2.24, 2.45) is 4.99 Å². The third kappa shape index (κ3) is 6.58. The van der Waals surface area contributed by atoms with Crippen molar-refractivity contribution >= 4 is 23.3 Å². The van der Waals surface area contributed by atoms with E-state index in [0.29, 0.717) is 62.8 Å². The molecule has 0 unspecified atom stereocenters. The number of urea groups is 1. The molecule has 3 aromatic rings. The Hall–Kier alpha value is -3.50. The van der Waals surface area contributed by atoms with Crippen LogP contribution in [0.1, 0.15) is 29.4 Å². The van der Waals surface area contributed by atoms with Gasteiger partial charge in [0.25, 0.3) is 5.91 Å². The van der Waals surface area contributed by atoms with Crippen LogP contribution in [0, 0.1) is 6.92 Å². The van der Waals surface area contributed by atoms with Gasteiger partial charge in [-0.1, -0.05) is 0 Å². The molecule has 9 nitrogen and oxygen atoms in total. The van der Waals surface area contributed by atoms with Gasteiger partial charge in [0.2, 0.25) is 0 Å². The molecule has 1 aromatic carbocycles. The minimum absolute atomic E-state index is 0.0766. The van der Waals surface area contributed by atoms with Gasteiger partial charge in [-0.25, -0.2) is 4.79 Å². The molecule has 0 atom stereocenters. The van der Waals surface area contributed by atoms with E-state index in [-0.39, 0.29) is 11.9 Å². The predicted octanol–water partition coefficient (Wildman–Crippen LogP) is 3.49. The number of carbonyl (C=O) groups is 2. The number of nitrogens with one attached hydrogen (secondary N) is 1. The number of carbonyl (C=O) groups excluding carboxylic acids is 2. The molecule has 0 saturated carbocycles. The number of rotatable bonds is 8. The Bertz CT molecular complexity index is 1230. The predicted molar refractivity (Wildman–Crippen MR) is 138 cm³/mol. The lowest BCUT2D eigenvalue weighted by molar-refractivity contribution is 0.0532. The van der Waals surface area contributed by atoms with E-state index in [4.69, 9.17) is 9.47 Å². The van der Waals surface area contributed by atoms with Gasteiger partial charge >= 0.3 is 6.03 Å². The maximum atomic E-state index is 12.8. The molecule has 1 N–H and O–H groups in total. The fraction of sp³-hybridized carbons (Fsp3) is 0.385. The van der Waals surface area contributed by atoms with Crippen molar-refractivity contribution in [2.75, 3.05) is 39.5 Å². The average molecular weight is 510 g/mol. The van der Waals surface area contributed by atoms with Crippen molar-refractivity contribution < 1.29 is 19.1 Å². The third-order valence-corrected chi connectivity index (χ3v) is 6.61. The molecule has 1 aliphatic rings. The molecule has 1 aliphatic heterocycles. The Labute approximate surface area is 214 Å². The molecule has 190 valence electrons. The minimum Gasteiger partial charge on any atom is -0.494 e. The standard InChI is InChI=1S/C26H31N5O4S/c1-3-35-22-9-7-20(8-10-22)23-18-36-26(29-24(32)21-6-5-19(2)28-17-21)31(23)12-4-11-27-25(33)30-13-15-34-16-14-30/h5-10,17-18H,3-4,11-16H2,1-2H3,(H,27,33). The molecule has 3 heterocycles. The number of hydrogen-bond donors (Lipinski definition) is 1. The number of nitrogens with zero attached hydrogens (tertiary/aromatic N) is 4. The van der Waals surface area contributed by atoms with Gasteiger partial charge in [-0.05, 0) is 62.2 Å². The van der Waals surface area contributed by atoms with Crippen molar-refractivity contribution in [2.45, 2.75) is 26.8 Å². The second-order valence-corrected chi connectivity index (χ2v) is 9.14. The van der Waals surface area contributed by atoms with Crippen molar-refractivity contribution in [3.05, 3.63) is 64.0 Å². The monoisotopic (exact) mass is 509 g/mol. The second-order valence-electron chi connectivity index (χ2n) is 8.30. The average Bonchev–Trinajstić information content (AvgIpc) is 3.30. The summed E-state index contributed by atoms with van der Waals surface area (Å²) in [5.74, 6) is 0.470. The highest BCUT2D eigenvalue weighted by atomic mass is 32.1. The molecule has 36 heavy (non-hydrogen) atoms. The van der Waals surface area contributed by atoms with Gasteiger partial charge in [0.1, 0.15) is 5.75 Å². The SMILES string of the molecule is CCOc1ccc(-c2csc(=NC(=O)c3ccc(C)nc3)n2CCCNC(=O)N2CCOCC2)cc1. The van der Waals surface area contributed by atoms with Crippen LogP contribution in [0.3, 0.4) is 0 Å². The first-order chi connectivity index (χ1) is 17.5. The third-order valence-electron chi connectivity index (χ3n) is 5.75. The molecule has 1 saturated heterocycles. The smallest absolute Gasteiger partial charge is 0.317 e. The lowest BCUT2D eigenvalue weighted by atomic mass is 10.1. The first-order valence-electron chi connectivity index (χ1n) is 12.1. The van der Waals surface area contributed by atoms with Gasteiger partial charge in [0.15, 0.2) is 4.80 Å². The summed E-state index contributed by atoms with van der Waals surface area (Å²) in [6, 6.07) is 11.3. The highest BCUT2D eigenvalue weighted by Crippen LogP contribution is 2.23. The van der Waals surface area contributed by atoms with Crippen molar-refractivity contribution in [1.82, 2.24) is 19.8 Å². The molecule has 2 aromatic heterocycles. The van der Waals surface area contributed by atoms with E-state index in [0.717, 1.165) is 22.7 Å². The topological polar surface area (TPSA) is 98.0 Å². The van der Waals surface area contributed by atoms with Crippen molar-refractivity contribution in [3.63, 3.8) is 0 Å². The van der Waals surface area contributed by atoms with Gasteiger partial charge in [0, 0.05) is 43.4 Å². The molecule has 0 radical (unpaired) electrons. The van der Waals surface area contributed by atoms with E-state index in [1.165, 1.54) is 11.3 Å². The summed E-state index contributed by atoms with van der Waals surface area (Å²) < 4.78 is 12.9. The summed E-state index contributed by atoms with van der Waals surface area (Å²) in [6.45, 7) is 7.88. The summed E-state index contributed by atoms with van der Waals surface area (Å²) in [4.78, 5) is 36.2. The van der Waals surface area contributed by atoms with Crippen LogP contribution >= 0.6 is 11.3 Å². The number of pyridine rings is 1. The van der Waals surface area contributed by atoms with Gasteiger partial charge in [-0.3, -0.25) is 9.78 Å². The molecular weight excluding hydrogens is 478 g/mol. The van der Waals surface area contributed by atoms with Gasteiger partial charge in [-0.2, -0.15) is 4.99 Å². The highest BCUT2D eigenvalue weighted by molar-refractivity contribution is 7.07. The van der Waals surface area contributed by atoms with E-state index < -0.39 is 0 Å². The lowest BCUT2D eigenvalue weighted by Gasteiger charge is -2.26. The van der Waals surface area contributed by atoms with Crippen LogP contribution in [-0.4, -0.2) is 65.8 Å². The number of thiazole rings is 1. The molecule has 0 spiro atoms. The van der Waals surface area contributed by atoms with Crippen molar-refractivity contribution in [3.8, 4) is 17.0 Å². The van der Waals surface area contributed by atoms with Crippen LogP contribution in [-0.2, 0) is 11.3 Å². The molecule has 3 amide bonds.